The van der Waals surface area contributed by atoms with Gasteiger partial charge < -0.3 is 15.6 Å². The van der Waals surface area contributed by atoms with Crippen molar-refractivity contribution in [3.63, 3.8) is 0 Å². The fourth-order valence-corrected chi connectivity index (χ4v) is 2.41. The molecule has 1 aromatic carbocycles. The summed E-state index contributed by atoms with van der Waals surface area (Å²) >= 11 is 0. The molecule has 0 aliphatic heterocycles. The number of aliphatic hydroxyl groups excluding tert-OH is 1. The van der Waals surface area contributed by atoms with Crippen molar-refractivity contribution < 1.29 is 9.84 Å². The Hall–Kier alpha value is -1.06. The molecule has 18 heavy (non-hydrogen) atoms. The molecule has 0 heterocycles. The van der Waals surface area contributed by atoms with Crippen molar-refractivity contribution in [2.45, 2.75) is 45.6 Å². The molecule has 3 N–H and O–H groups in total. The van der Waals surface area contributed by atoms with Gasteiger partial charge in [0, 0.05) is 6.54 Å². The average molecular weight is 251 g/mol. The van der Waals surface area contributed by atoms with Gasteiger partial charge in [-0.15, -0.1) is 0 Å². The van der Waals surface area contributed by atoms with E-state index in [1.54, 1.807) is 7.11 Å². The molecule has 0 spiro atoms. The van der Waals surface area contributed by atoms with Crippen molar-refractivity contribution in [1.82, 2.24) is 0 Å². The molecular weight excluding hydrogens is 226 g/mol. The van der Waals surface area contributed by atoms with E-state index >= 15 is 0 Å². The molecule has 1 rings (SSSR count). The Morgan fingerprint density at radius 1 is 1.28 bits per heavy atom. The van der Waals surface area contributed by atoms with E-state index in [1.165, 1.54) is 11.1 Å². The zero-order valence-corrected chi connectivity index (χ0v) is 11.9. The Morgan fingerprint density at radius 2 is 1.94 bits per heavy atom. The molecule has 0 aliphatic rings. The highest BCUT2D eigenvalue weighted by Crippen LogP contribution is 2.32. The van der Waals surface area contributed by atoms with Gasteiger partial charge in [-0.2, -0.15) is 0 Å². The van der Waals surface area contributed by atoms with E-state index in [4.69, 9.17) is 10.5 Å². The topological polar surface area (TPSA) is 55.5 Å². The number of hydrogen-bond acceptors (Lipinski definition) is 3. The van der Waals surface area contributed by atoms with Crippen LogP contribution in [0, 0.1) is 13.8 Å². The maximum atomic E-state index is 9.73. The lowest BCUT2D eigenvalue weighted by atomic mass is 9.87. The van der Waals surface area contributed by atoms with E-state index in [2.05, 4.69) is 26.0 Å². The largest absolute Gasteiger partial charge is 0.496 e. The third kappa shape index (κ3) is 3.47. The summed E-state index contributed by atoms with van der Waals surface area (Å²) < 4.78 is 5.33. The highest BCUT2D eigenvalue weighted by atomic mass is 16.5. The molecule has 0 saturated carbocycles. The first kappa shape index (κ1) is 15.0. The second-order valence-corrected chi connectivity index (χ2v) is 4.91. The van der Waals surface area contributed by atoms with Crippen LogP contribution >= 0.6 is 0 Å². The van der Waals surface area contributed by atoms with Crippen LogP contribution in [0.25, 0.3) is 0 Å². The van der Waals surface area contributed by atoms with Gasteiger partial charge in [-0.1, -0.05) is 13.0 Å². The molecule has 102 valence electrons. The standard InChI is InChI=1S/C15H25NO2/c1-5-12(8-13(17)9-16)14-6-11(3)15(18-4)7-10(14)2/h6-7,12-13,17H,5,8-9,16H2,1-4H3. The van der Waals surface area contributed by atoms with Crippen LogP contribution in [0.5, 0.6) is 5.75 Å². The van der Waals surface area contributed by atoms with E-state index in [0.29, 0.717) is 12.5 Å². The molecule has 0 radical (unpaired) electrons. The second-order valence-electron chi connectivity index (χ2n) is 4.91. The van der Waals surface area contributed by atoms with Crippen LogP contribution in [0.15, 0.2) is 12.1 Å². The van der Waals surface area contributed by atoms with Crippen molar-refractivity contribution in [3.05, 3.63) is 28.8 Å². The molecular formula is C15H25NO2. The summed E-state index contributed by atoms with van der Waals surface area (Å²) in [7, 11) is 1.69. The SMILES string of the molecule is CCC(CC(O)CN)c1cc(C)c(OC)cc1C. The van der Waals surface area contributed by atoms with Gasteiger partial charge in [0.15, 0.2) is 0 Å². The minimum Gasteiger partial charge on any atom is -0.496 e. The molecule has 0 saturated heterocycles. The normalized spacial score (nSPS) is 14.3. The summed E-state index contributed by atoms with van der Waals surface area (Å²) in [5.74, 6) is 1.28. The van der Waals surface area contributed by atoms with E-state index < -0.39 is 6.10 Å². The summed E-state index contributed by atoms with van der Waals surface area (Å²) in [6, 6.07) is 4.24. The second kappa shape index (κ2) is 6.76. The highest BCUT2D eigenvalue weighted by Gasteiger charge is 2.17. The van der Waals surface area contributed by atoms with Crippen LogP contribution in [-0.4, -0.2) is 24.9 Å². The minimum atomic E-state index is -0.420. The first-order chi connectivity index (χ1) is 8.53. The molecule has 2 unspecified atom stereocenters. The lowest BCUT2D eigenvalue weighted by Gasteiger charge is -2.22. The first-order valence-electron chi connectivity index (χ1n) is 6.56. The third-order valence-electron chi connectivity index (χ3n) is 3.54. The van der Waals surface area contributed by atoms with E-state index in [0.717, 1.165) is 24.2 Å². The van der Waals surface area contributed by atoms with Crippen molar-refractivity contribution in [3.8, 4) is 5.75 Å². The summed E-state index contributed by atoms with van der Waals surface area (Å²) in [6.07, 6.45) is 1.31. The maximum Gasteiger partial charge on any atom is 0.122 e. The highest BCUT2D eigenvalue weighted by molar-refractivity contribution is 5.43. The molecule has 3 nitrogen and oxygen atoms in total. The number of hydrogen-bond donors (Lipinski definition) is 2. The first-order valence-corrected chi connectivity index (χ1v) is 6.56. The Bertz CT molecular complexity index is 390. The predicted octanol–water partition coefficient (Wildman–Crippen LogP) is 2.52. The van der Waals surface area contributed by atoms with Gasteiger partial charge in [0.2, 0.25) is 0 Å². The van der Waals surface area contributed by atoms with Crippen LogP contribution in [0.4, 0.5) is 0 Å². The lowest BCUT2D eigenvalue weighted by Crippen LogP contribution is -2.22. The van der Waals surface area contributed by atoms with Gasteiger partial charge in [-0.3, -0.25) is 0 Å². The zero-order valence-electron chi connectivity index (χ0n) is 11.9. The van der Waals surface area contributed by atoms with Crippen LogP contribution < -0.4 is 10.5 Å². The fraction of sp³-hybridized carbons (Fsp3) is 0.600. The van der Waals surface area contributed by atoms with Crippen molar-refractivity contribution in [2.75, 3.05) is 13.7 Å². The summed E-state index contributed by atoms with van der Waals surface area (Å²) in [4.78, 5) is 0. The van der Waals surface area contributed by atoms with Crippen LogP contribution in [0.3, 0.4) is 0 Å². The molecule has 0 amide bonds. The van der Waals surface area contributed by atoms with Crippen molar-refractivity contribution in [1.29, 1.82) is 0 Å². The fourth-order valence-electron chi connectivity index (χ4n) is 2.41. The number of aliphatic hydroxyl groups is 1. The summed E-state index contributed by atoms with van der Waals surface area (Å²) in [5, 5.41) is 9.73. The van der Waals surface area contributed by atoms with Crippen LogP contribution in [0.2, 0.25) is 0 Å². The van der Waals surface area contributed by atoms with Gasteiger partial charge in [-0.25, -0.2) is 0 Å². The quantitative estimate of drug-likeness (QED) is 0.817. The number of benzene rings is 1. The number of nitrogens with two attached hydrogens (primary N) is 1. The van der Waals surface area contributed by atoms with Gasteiger partial charge in [0.1, 0.15) is 5.75 Å². The molecule has 0 fully saturated rings. The maximum absolute atomic E-state index is 9.73. The number of ether oxygens (including phenoxy) is 1. The number of aryl methyl sites for hydroxylation is 2. The minimum absolute atomic E-state index is 0.324. The Morgan fingerprint density at radius 3 is 2.44 bits per heavy atom. The van der Waals surface area contributed by atoms with Gasteiger partial charge in [0.25, 0.3) is 0 Å². The molecule has 3 heteroatoms. The zero-order chi connectivity index (χ0) is 13.7. The lowest BCUT2D eigenvalue weighted by molar-refractivity contribution is 0.162. The molecule has 0 aliphatic carbocycles. The van der Waals surface area contributed by atoms with Gasteiger partial charge in [0.05, 0.1) is 13.2 Å². The van der Waals surface area contributed by atoms with Crippen molar-refractivity contribution in [2.24, 2.45) is 5.73 Å². The van der Waals surface area contributed by atoms with Crippen LogP contribution in [-0.2, 0) is 0 Å². The van der Waals surface area contributed by atoms with Gasteiger partial charge in [-0.05, 0) is 55.4 Å². The average Bonchev–Trinajstić information content (AvgIpc) is 2.38. The van der Waals surface area contributed by atoms with Crippen molar-refractivity contribution >= 4 is 0 Å². The Kier molecular flexibility index (Phi) is 5.63. The number of methoxy groups -OCH3 is 1. The molecule has 0 bridgehead atoms. The van der Waals surface area contributed by atoms with Crippen LogP contribution in [0.1, 0.15) is 42.4 Å². The Balaban J connectivity index is 3.02. The molecule has 1 aromatic rings. The summed E-state index contributed by atoms with van der Waals surface area (Å²) in [6.45, 7) is 6.61. The molecule has 0 aromatic heterocycles. The Labute approximate surface area is 110 Å². The summed E-state index contributed by atoms with van der Waals surface area (Å²) in [5.41, 5.74) is 9.15. The van der Waals surface area contributed by atoms with Gasteiger partial charge >= 0.3 is 0 Å². The van der Waals surface area contributed by atoms with E-state index in [9.17, 15) is 5.11 Å². The number of rotatable bonds is 6. The van der Waals surface area contributed by atoms with E-state index in [1.807, 2.05) is 6.92 Å². The predicted molar refractivity (Wildman–Crippen MR) is 75.2 cm³/mol. The monoisotopic (exact) mass is 251 g/mol. The smallest absolute Gasteiger partial charge is 0.122 e. The van der Waals surface area contributed by atoms with E-state index in [-0.39, 0.29) is 0 Å². The third-order valence-corrected chi connectivity index (χ3v) is 3.54. The molecule has 2 atom stereocenters.